The highest BCUT2D eigenvalue weighted by molar-refractivity contribution is 6.30. The van der Waals surface area contributed by atoms with Crippen LogP contribution in [0.25, 0.3) is 0 Å². The van der Waals surface area contributed by atoms with E-state index < -0.39 is 12.1 Å². The zero-order valence-electron chi connectivity index (χ0n) is 13.1. The number of anilines is 1. The molecule has 0 aliphatic rings. The summed E-state index contributed by atoms with van der Waals surface area (Å²) in [7, 11) is 1.22. The normalized spacial score (nSPS) is 11.1. The number of oxime groups is 1. The molecule has 0 bridgehead atoms. The van der Waals surface area contributed by atoms with E-state index in [1.54, 1.807) is 38.1 Å². The molecule has 0 atom stereocenters. The fourth-order valence-corrected chi connectivity index (χ4v) is 1.99. The highest BCUT2D eigenvalue weighted by Gasteiger charge is 2.23. The number of aromatic nitrogens is 1. The van der Waals surface area contributed by atoms with E-state index in [1.807, 2.05) is 0 Å². The second-order valence-corrected chi connectivity index (χ2v) is 5.08. The van der Waals surface area contributed by atoms with Gasteiger partial charge >= 0.3 is 12.1 Å². The number of benzene rings is 1. The Bertz CT molecular complexity index is 783. The minimum Gasteiger partial charge on any atom is -0.464 e. The molecule has 1 aromatic carbocycles. The number of nitrogens with one attached hydrogen (secondary N) is 1. The van der Waals surface area contributed by atoms with Gasteiger partial charge in [-0.1, -0.05) is 21.9 Å². The van der Waals surface area contributed by atoms with Gasteiger partial charge < -0.3 is 9.26 Å². The average molecular weight is 352 g/mol. The third-order valence-electron chi connectivity index (χ3n) is 2.96. The van der Waals surface area contributed by atoms with Gasteiger partial charge in [0, 0.05) is 10.7 Å². The number of hydrogen-bond donors (Lipinski definition) is 1. The molecule has 126 valence electrons. The smallest absolute Gasteiger partial charge is 0.437 e. The third kappa shape index (κ3) is 4.11. The van der Waals surface area contributed by atoms with Crippen LogP contribution >= 0.6 is 11.6 Å². The molecule has 9 heteroatoms. The van der Waals surface area contributed by atoms with Gasteiger partial charge in [0.15, 0.2) is 0 Å². The summed E-state index contributed by atoms with van der Waals surface area (Å²) in [4.78, 5) is 28.1. The second-order valence-electron chi connectivity index (χ2n) is 4.64. The van der Waals surface area contributed by atoms with Crippen LogP contribution in [-0.4, -0.2) is 30.0 Å². The number of esters is 1. The Kier molecular flexibility index (Phi) is 5.54. The highest BCUT2D eigenvalue weighted by Crippen LogP contribution is 2.16. The van der Waals surface area contributed by atoms with Crippen molar-refractivity contribution in [1.82, 2.24) is 5.16 Å². The van der Waals surface area contributed by atoms with Gasteiger partial charge in [0.25, 0.3) is 0 Å². The van der Waals surface area contributed by atoms with Crippen molar-refractivity contribution >= 4 is 35.1 Å². The monoisotopic (exact) mass is 351 g/mol. The number of ether oxygens (including phenoxy) is 1. The molecule has 24 heavy (non-hydrogen) atoms. The third-order valence-corrected chi connectivity index (χ3v) is 3.21. The van der Waals surface area contributed by atoms with Gasteiger partial charge in [-0.25, -0.2) is 9.59 Å². The summed E-state index contributed by atoms with van der Waals surface area (Å²) in [5.41, 5.74) is 0.994. The lowest BCUT2D eigenvalue weighted by Crippen LogP contribution is -2.13. The fraction of sp³-hybridized carbons (Fsp3) is 0.200. The summed E-state index contributed by atoms with van der Waals surface area (Å²) < 4.78 is 9.56. The molecule has 0 saturated carbocycles. The lowest BCUT2D eigenvalue weighted by Gasteiger charge is -2.04. The number of amides is 1. The Morgan fingerprint density at radius 3 is 2.58 bits per heavy atom. The maximum absolute atomic E-state index is 11.7. The molecular formula is C15H14ClN3O5. The maximum Gasteiger partial charge on any atom is 0.437 e. The van der Waals surface area contributed by atoms with E-state index in [-0.39, 0.29) is 11.4 Å². The van der Waals surface area contributed by atoms with Gasteiger partial charge in [-0.3, -0.25) is 10.2 Å². The Morgan fingerprint density at radius 2 is 1.96 bits per heavy atom. The van der Waals surface area contributed by atoms with Gasteiger partial charge in [-0.15, -0.1) is 0 Å². The van der Waals surface area contributed by atoms with Crippen molar-refractivity contribution in [3.05, 3.63) is 46.3 Å². The largest absolute Gasteiger partial charge is 0.464 e. The van der Waals surface area contributed by atoms with Gasteiger partial charge in [0.05, 0.1) is 18.4 Å². The Labute approximate surface area is 142 Å². The lowest BCUT2D eigenvalue weighted by atomic mass is 10.1. The standard InChI is InChI=1S/C15H14ClN3O5/c1-8(12-9(2)23-19-13(12)14(20)22-3)18-24-15(21)17-11-6-4-10(16)5-7-11/h4-7H,1-3H3,(H,17,21)/b18-8-. The van der Waals surface area contributed by atoms with Gasteiger partial charge in [-0.05, 0) is 38.1 Å². The number of carbonyl (C=O) groups excluding carboxylic acids is 2. The van der Waals surface area contributed by atoms with Crippen LogP contribution in [0.15, 0.2) is 33.9 Å². The predicted octanol–water partition coefficient (Wildman–Crippen LogP) is 3.40. The average Bonchev–Trinajstić information content (AvgIpc) is 2.95. The number of carbonyl (C=O) groups is 2. The fourth-order valence-electron chi connectivity index (χ4n) is 1.86. The molecule has 0 aliphatic heterocycles. The molecule has 0 unspecified atom stereocenters. The molecule has 8 nitrogen and oxygen atoms in total. The SMILES string of the molecule is COC(=O)c1noc(C)c1/C(C)=N\OC(=O)Nc1ccc(Cl)cc1. The summed E-state index contributed by atoms with van der Waals surface area (Å²) in [6.07, 6.45) is -0.801. The lowest BCUT2D eigenvalue weighted by molar-refractivity contribution is 0.0589. The van der Waals surface area contributed by atoms with Crippen LogP contribution in [0.2, 0.25) is 5.02 Å². The van der Waals surface area contributed by atoms with Crippen LogP contribution in [0.1, 0.15) is 28.7 Å². The minimum absolute atomic E-state index is 0.0436. The van der Waals surface area contributed by atoms with Crippen LogP contribution in [0.3, 0.4) is 0 Å². The first kappa shape index (κ1) is 17.5. The summed E-state index contributed by atoms with van der Waals surface area (Å²) in [5, 5.41) is 10.3. The van der Waals surface area contributed by atoms with Crippen molar-refractivity contribution < 1.29 is 23.7 Å². The zero-order valence-corrected chi connectivity index (χ0v) is 13.9. The van der Waals surface area contributed by atoms with Crippen molar-refractivity contribution in [2.24, 2.45) is 5.16 Å². The number of rotatable bonds is 4. The molecule has 0 spiro atoms. The van der Waals surface area contributed by atoms with E-state index in [9.17, 15) is 9.59 Å². The zero-order chi connectivity index (χ0) is 17.7. The van der Waals surface area contributed by atoms with Crippen LogP contribution in [0.5, 0.6) is 0 Å². The van der Waals surface area contributed by atoms with E-state index in [2.05, 4.69) is 20.4 Å². The molecule has 1 N–H and O–H groups in total. The first-order valence-corrected chi connectivity index (χ1v) is 7.13. The van der Waals surface area contributed by atoms with E-state index in [0.29, 0.717) is 22.0 Å². The van der Waals surface area contributed by atoms with E-state index in [1.165, 1.54) is 7.11 Å². The van der Waals surface area contributed by atoms with Crippen LogP contribution < -0.4 is 5.32 Å². The summed E-state index contributed by atoms with van der Waals surface area (Å²) in [5.74, 6) is -0.333. The number of aryl methyl sites for hydroxylation is 1. The van der Waals surface area contributed by atoms with Crippen molar-refractivity contribution in [3.63, 3.8) is 0 Å². The van der Waals surface area contributed by atoms with Crippen molar-refractivity contribution in [2.45, 2.75) is 13.8 Å². The summed E-state index contributed by atoms with van der Waals surface area (Å²) in [6.45, 7) is 3.14. The van der Waals surface area contributed by atoms with E-state index >= 15 is 0 Å². The number of hydrogen-bond acceptors (Lipinski definition) is 7. The molecule has 2 aromatic rings. The molecular weight excluding hydrogens is 338 g/mol. The number of methoxy groups -OCH3 is 1. The molecule has 0 aliphatic carbocycles. The molecule has 1 heterocycles. The summed E-state index contributed by atoms with van der Waals surface area (Å²) >= 11 is 5.76. The van der Waals surface area contributed by atoms with Crippen molar-refractivity contribution in [3.8, 4) is 0 Å². The molecule has 2 rings (SSSR count). The predicted molar refractivity (Wildman–Crippen MR) is 86.3 cm³/mol. The van der Waals surface area contributed by atoms with Gasteiger partial charge in [-0.2, -0.15) is 0 Å². The molecule has 0 fully saturated rings. The molecule has 0 saturated heterocycles. The highest BCUT2D eigenvalue weighted by atomic mass is 35.5. The Morgan fingerprint density at radius 1 is 1.29 bits per heavy atom. The first-order valence-electron chi connectivity index (χ1n) is 6.75. The number of halogens is 1. The quantitative estimate of drug-likeness (QED) is 0.392. The van der Waals surface area contributed by atoms with Gasteiger partial charge in [0.1, 0.15) is 5.76 Å². The summed E-state index contributed by atoms with van der Waals surface area (Å²) in [6, 6.07) is 6.46. The Balaban J connectivity index is 2.09. The maximum atomic E-state index is 11.7. The van der Waals surface area contributed by atoms with Crippen LogP contribution in [0, 0.1) is 6.92 Å². The minimum atomic E-state index is -0.801. The molecule has 1 amide bonds. The van der Waals surface area contributed by atoms with Crippen molar-refractivity contribution in [2.75, 3.05) is 12.4 Å². The van der Waals surface area contributed by atoms with Crippen LogP contribution in [0.4, 0.5) is 10.5 Å². The second kappa shape index (κ2) is 7.60. The van der Waals surface area contributed by atoms with E-state index in [0.717, 1.165) is 0 Å². The van der Waals surface area contributed by atoms with E-state index in [4.69, 9.17) is 21.0 Å². The van der Waals surface area contributed by atoms with Crippen LogP contribution in [-0.2, 0) is 9.57 Å². The Hall–Kier alpha value is -2.87. The topological polar surface area (TPSA) is 103 Å². The molecule has 1 aromatic heterocycles. The van der Waals surface area contributed by atoms with Gasteiger partial charge in [0.2, 0.25) is 5.69 Å². The first-order chi connectivity index (χ1) is 11.4. The molecule has 0 radical (unpaired) electrons. The van der Waals surface area contributed by atoms with Crippen molar-refractivity contribution in [1.29, 1.82) is 0 Å². The number of nitrogens with zero attached hydrogens (tertiary/aromatic N) is 2.